The molecule has 0 saturated heterocycles. The number of non-ortho nitro benzene ring substituents is 1. The molecule has 2 aromatic rings. The van der Waals surface area contributed by atoms with Gasteiger partial charge in [-0.15, -0.1) is 0 Å². The summed E-state index contributed by atoms with van der Waals surface area (Å²) in [4.78, 5) is 22.9. The van der Waals surface area contributed by atoms with Crippen LogP contribution < -0.4 is 10.6 Å². The Bertz CT molecular complexity index is 792. The number of nitro benzene ring substituents is 1. The Morgan fingerprint density at radius 3 is 2.46 bits per heavy atom. The largest absolute Gasteiger partial charge is 0.391 e. The smallest absolute Gasteiger partial charge is 0.269 e. The van der Waals surface area contributed by atoms with E-state index in [1.807, 2.05) is 0 Å². The van der Waals surface area contributed by atoms with Crippen molar-refractivity contribution in [1.82, 2.24) is 5.32 Å². The van der Waals surface area contributed by atoms with Gasteiger partial charge in [-0.3, -0.25) is 14.9 Å². The van der Waals surface area contributed by atoms with E-state index in [-0.39, 0.29) is 17.6 Å². The molecule has 3 rings (SSSR count). The van der Waals surface area contributed by atoms with E-state index in [1.165, 1.54) is 12.1 Å². The molecule has 2 aromatic carbocycles. The minimum Gasteiger partial charge on any atom is -0.391 e. The number of para-hydroxylation sites is 1. The van der Waals surface area contributed by atoms with E-state index in [0.29, 0.717) is 23.4 Å². The number of aliphatic hydroxyl groups excluding tert-OH is 1. The lowest BCUT2D eigenvalue weighted by Crippen LogP contribution is -2.45. The summed E-state index contributed by atoms with van der Waals surface area (Å²) >= 11 is 0. The van der Waals surface area contributed by atoms with Gasteiger partial charge in [0.2, 0.25) is 0 Å². The van der Waals surface area contributed by atoms with Crippen molar-refractivity contribution in [3.63, 3.8) is 0 Å². The summed E-state index contributed by atoms with van der Waals surface area (Å²) in [5.41, 5.74) is 1.72. The lowest BCUT2D eigenvalue weighted by molar-refractivity contribution is -0.384. The summed E-state index contributed by atoms with van der Waals surface area (Å²) in [6.45, 7) is 0. The average Bonchev–Trinajstić information content (AvgIpc) is 2.64. The average molecular weight is 355 g/mol. The number of carbonyl (C=O) groups excluding carboxylic acids is 1. The Morgan fingerprint density at radius 2 is 1.77 bits per heavy atom. The highest BCUT2D eigenvalue weighted by atomic mass is 16.6. The van der Waals surface area contributed by atoms with Crippen LogP contribution in [0.1, 0.15) is 36.0 Å². The topological polar surface area (TPSA) is 104 Å². The third-order valence-corrected chi connectivity index (χ3v) is 4.57. The first kappa shape index (κ1) is 17.9. The Labute approximate surface area is 151 Å². The Kier molecular flexibility index (Phi) is 5.48. The van der Waals surface area contributed by atoms with E-state index in [2.05, 4.69) is 10.6 Å². The number of hydrogen-bond donors (Lipinski definition) is 3. The predicted octanol–water partition coefficient (Wildman–Crippen LogP) is 3.37. The summed E-state index contributed by atoms with van der Waals surface area (Å²) < 4.78 is 0. The fraction of sp³-hybridized carbons (Fsp3) is 0.316. The van der Waals surface area contributed by atoms with Crippen molar-refractivity contribution in [2.24, 2.45) is 0 Å². The zero-order valence-corrected chi connectivity index (χ0v) is 14.2. The van der Waals surface area contributed by atoms with Gasteiger partial charge in [-0.05, 0) is 37.1 Å². The van der Waals surface area contributed by atoms with Crippen LogP contribution >= 0.6 is 0 Å². The summed E-state index contributed by atoms with van der Waals surface area (Å²) in [7, 11) is 0. The molecule has 0 radical (unpaired) electrons. The first-order chi connectivity index (χ1) is 12.5. The van der Waals surface area contributed by atoms with Crippen molar-refractivity contribution in [3.05, 3.63) is 64.2 Å². The SMILES string of the molecule is O=C(N[C@@H]1CCCCC1O)c1ccccc1Nc1ccc([N+](=O)[O-])cc1. The van der Waals surface area contributed by atoms with Crippen molar-refractivity contribution in [2.75, 3.05) is 5.32 Å². The van der Waals surface area contributed by atoms with Crippen molar-refractivity contribution in [3.8, 4) is 0 Å². The summed E-state index contributed by atoms with van der Waals surface area (Å²) in [6, 6.07) is 12.8. The van der Waals surface area contributed by atoms with Crippen molar-refractivity contribution in [2.45, 2.75) is 37.8 Å². The Balaban J connectivity index is 1.75. The molecule has 0 bridgehead atoms. The molecule has 3 N–H and O–H groups in total. The number of nitrogens with zero attached hydrogens (tertiary/aromatic N) is 1. The van der Waals surface area contributed by atoms with Crippen molar-refractivity contribution < 1.29 is 14.8 Å². The maximum Gasteiger partial charge on any atom is 0.269 e. The number of nitrogens with one attached hydrogen (secondary N) is 2. The van der Waals surface area contributed by atoms with Gasteiger partial charge in [0.15, 0.2) is 0 Å². The quantitative estimate of drug-likeness (QED) is 0.563. The molecule has 1 saturated carbocycles. The molecule has 7 nitrogen and oxygen atoms in total. The molecule has 0 aromatic heterocycles. The monoisotopic (exact) mass is 355 g/mol. The van der Waals surface area contributed by atoms with Crippen LogP contribution in [0.3, 0.4) is 0 Å². The standard InChI is InChI=1S/C19H21N3O4/c23-18-8-4-3-7-17(18)21-19(24)15-5-1-2-6-16(15)20-13-9-11-14(12-10-13)22(25)26/h1-2,5-6,9-12,17-18,20,23H,3-4,7-8H2,(H,21,24)/t17-,18?/m1/s1. The van der Waals surface area contributed by atoms with Gasteiger partial charge in [-0.1, -0.05) is 25.0 Å². The molecule has 1 aliphatic carbocycles. The van der Waals surface area contributed by atoms with Gasteiger partial charge in [-0.25, -0.2) is 0 Å². The molecular formula is C19H21N3O4. The lowest BCUT2D eigenvalue weighted by Gasteiger charge is -2.28. The van der Waals surface area contributed by atoms with Gasteiger partial charge in [-0.2, -0.15) is 0 Å². The number of amides is 1. The van der Waals surface area contributed by atoms with Gasteiger partial charge in [0.1, 0.15) is 0 Å². The number of anilines is 2. The highest BCUT2D eigenvalue weighted by Crippen LogP contribution is 2.24. The lowest BCUT2D eigenvalue weighted by atomic mass is 9.92. The highest BCUT2D eigenvalue weighted by Gasteiger charge is 2.25. The molecule has 1 unspecified atom stereocenters. The third-order valence-electron chi connectivity index (χ3n) is 4.57. The summed E-state index contributed by atoms with van der Waals surface area (Å²) in [5, 5.41) is 26.8. The van der Waals surface area contributed by atoms with Gasteiger partial charge >= 0.3 is 0 Å². The predicted molar refractivity (Wildman–Crippen MR) is 98.6 cm³/mol. The summed E-state index contributed by atoms with van der Waals surface area (Å²) in [6.07, 6.45) is 2.93. The maximum atomic E-state index is 12.7. The minimum atomic E-state index is -0.512. The molecule has 7 heteroatoms. The van der Waals surface area contributed by atoms with Crippen LogP contribution in [0.4, 0.5) is 17.1 Å². The first-order valence-electron chi connectivity index (χ1n) is 8.64. The fourth-order valence-corrected chi connectivity index (χ4v) is 3.14. The zero-order valence-electron chi connectivity index (χ0n) is 14.2. The second kappa shape index (κ2) is 7.97. The Hall–Kier alpha value is -2.93. The minimum absolute atomic E-state index is 0.00728. The number of hydrogen-bond acceptors (Lipinski definition) is 5. The van der Waals surface area contributed by atoms with Crippen LogP contribution in [0.25, 0.3) is 0 Å². The van der Waals surface area contributed by atoms with Crippen LogP contribution in [-0.2, 0) is 0 Å². The maximum absolute atomic E-state index is 12.7. The van der Waals surface area contributed by atoms with Crippen LogP contribution in [0, 0.1) is 10.1 Å². The zero-order chi connectivity index (χ0) is 18.5. The van der Waals surface area contributed by atoms with E-state index in [1.54, 1.807) is 36.4 Å². The van der Waals surface area contributed by atoms with E-state index in [0.717, 1.165) is 19.3 Å². The van der Waals surface area contributed by atoms with Crippen LogP contribution in [0.5, 0.6) is 0 Å². The van der Waals surface area contributed by atoms with E-state index in [4.69, 9.17) is 0 Å². The van der Waals surface area contributed by atoms with Gasteiger partial charge < -0.3 is 15.7 Å². The Morgan fingerprint density at radius 1 is 1.08 bits per heavy atom. The van der Waals surface area contributed by atoms with Gasteiger partial charge in [0, 0.05) is 17.8 Å². The van der Waals surface area contributed by atoms with Crippen LogP contribution in [0.15, 0.2) is 48.5 Å². The third kappa shape index (κ3) is 4.18. The molecule has 1 aliphatic rings. The molecule has 1 fully saturated rings. The van der Waals surface area contributed by atoms with E-state index < -0.39 is 11.0 Å². The number of carbonyl (C=O) groups is 1. The second-order valence-corrected chi connectivity index (χ2v) is 6.41. The molecule has 136 valence electrons. The molecule has 1 amide bonds. The summed E-state index contributed by atoms with van der Waals surface area (Å²) in [5.74, 6) is -0.249. The fourth-order valence-electron chi connectivity index (χ4n) is 3.14. The van der Waals surface area contributed by atoms with Crippen LogP contribution in [0.2, 0.25) is 0 Å². The molecule has 0 spiro atoms. The van der Waals surface area contributed by atoms with Crippen LogP contribution in [-0.4, -0.2) is 28.1 Å². The molecular weight excluding hydrogens is 334 g/mol. The number of benzene rings is 2. The van der Waals surface area contributed by atoms with Crippen molar-refractivity contribution >= 4 is 23.0 Å². The normalized spacial score (nSPS) is 19.6. The molecule has 26 heavy (non-hydrogen) atoms. The number of aliphatic hydroxyl groups is 1. The number of nitro groups is 1. The number of rotatable bonds is 5. The molecule has 2 atom stereocenters. The molecule has 0 heterocycles. The van der Waals surface area contributed by atoms with Crippen molar-refractivity contribution in [1.29, 1.82) is 0 Å². The van der Waals surface area contributed by atoms with E-state index >= 15 is 0 Å². The highest BCUT2D eigenvalue weighted by molar-refractivity contribution is 6.00. The second-order valence-electron chi connectivity index (χ2n) is 6.41. The van der Waals surface area contributed by atoms with E-state index in [9.17, 15) is 20.0 Å². The first-order valence-corrected chi connectivity index (χ1v) is 8.64. The van der Waals surface area contributed by atoms with Gasteiger partial charge in [0.05, 0.1) is 28.3 Å². The van der Waals surface area contributed by atoms with Gasteiger partial charge in [0.25, 0.3) is 11.6 Å². The molecule has 0 aliphatic heterocycles.